The number of fused-ring (bicyclic) bond motifs is 1. The van der Waals surface area contributed by atoms with Crippen molar-refractivity contribution < 1.29 is 17.9 Å². The van der Waals surface area contributed by atoms with E-state index >= 15 is 0 Å². The molecule has 0 bridgehead atoms. The van der Waals surface area contributed by atoms with Crippen LogP contribution in [0.25, 0.3) is 5.57 Å². The molecule has 0 saturated heterocycles. The number of ether oxygens (including phenoxy) is 1. The molecule has 0 saturated carbocycles. The summed E-state index contributed by atoms with van der Waals surface area (Å²) in [4.78, 5) is 12.2. The Kier molecular flexibility index (Phi) is 3.46. The molecule has 0 amide bonds. The van der Waals surface area contributed by atoms with Crippen molar-refractivity contribution in [2.75, 3.05) is 7.11 Å². The number of sulfonamides is 1. The first kappa shape index (κ1) is 14.3. The number of benzene rings is 2. The Labute approximate surface area is 128 Å². The molecular weight excluding hydrogens is 302 g/mol. The number of carbonyl (C=O) groups is 1. The molecule has 1 aliphatic heterocycles. The molecule has 1 N–H and O–H groups in total. The van der Waals surface area contributed by atoms with E-state index in [0.717, 1.165) is 5.56 Å². The summed E-state index contributed by atoms with van der Waals surface area (Å²) in [6.45, 7) is 0. The molecule has 0 radical (unpaired) electrons. The van der Waals surface area contributed by atoms with E-state index in [0.29, 0.717) is 11.1 Å². The summed E-state index contributed by atoms with van der Waals surface area (Å²) < 4.78 is 31.7. The second-order valence-corrected chi connectivity index (χ2v) is 6.36. The first-order valence-electron chi connectivity index (χ1n) is 6.55. The van der Waals surface area contributed by atoms with Crippen LogP contribution >= 0.6 is 0 Å². The van der Waals surface area contributed by atoms with Gasteiger partial charge in [0.2, 0.25) is 0 Å². The summed E-state index contributed by atoms with van der Waals surface area (Å²) in [6.07, 6.45) is 0. The Bertz CT molecular complexity index is 870. The fourth-order valence-electron chi connectivity index (χ4n) is 2.43. The summed E-state index contributed by atoms with van der Waals surface area (Å²) in [5, 5.41) is 0. The minimum atomic E-state index is -3.80. The van der Waals surface area contributed by atoms with Crippen LogP contribution in [0.1, 0.15) is 11.1 Å². The van der Waals surface area contributed by atoms with Gasteiger partial charge in [-0.2, -0.15) is 0 Å². The van der Waals surface area contributed by atoms with Gasteiger partial charge < -0.3 is 4.74 Å². The monoisotopic (exact) mass is 315 g/mol. The van der Waals surface area contributed by atoms with Gasteiger partial charge in [-0.3, -0.25) is 4.72 Å². The molecule has 0 atom stereocenters. The third kappa shape index (κ3) is 2.27. The highest BCUT2D eigenvalue weighted by molar-refractivity contribution is 7.89. The second-order valence-electron chi connectivity index (χ2n) is 4.71. The normalized spacial score (nSPS) is 15.7. The van der Waals surface area contributed by atoms with Gasteiger partial charge in [-0.05, 0) is 11.6 Å². The third-order valence-electron chi connectivity index (χ3n) is 3.38. The third-order valence-corrected chi connectivity index (χ3v) is 4.79. The van der Waals surface area contributed by atoms with Crippen molar-refractivity contribution in [1.82, 2.24) is 4.72 Å². The zero-order valence-electron chi connectivity index (χ0n) is 11.7. The highest BCUT2D eigenvalue weighted by Gasteiger charge is 2.33. The van der Waals surface area contributed by atoms with Gasteiger partial charge in [0.25, 0.3) is 10.0 Å². The number of methoxy groups -OCH3 is 1. The van der Waals surface area contributed by atoms with Crippen LogP contribution in [0.3, 0.4) is 0 Å². The summed E-state index contributed by atoms with van der Waals surface area (Å²) in [6, 6.07) is 15.7. The molecule has 2 aromatic carbocycles. The zero-order valence-corrected chi connectivity index (χ0v) is 12.6. The first-order chi connectivity index (χ1) is 10.5. The molecule has 0 spiro atoms. The van der Waals surface area contributed by atoms with Crippen molar-refractivity contribution in [2.24, 2.45) is 0 Å². The minimum absolute atomic E-state index is 0.0765. The molecule has 0 aromatic heterocycles. The van der Waals surface area contributed by atoms with Crippen LogP contribution in [0.15, 0.2) is 65.2 Å². The minimum Gasteiger partial charge on any atom is -0.464 e. The predicted octanol–water partition coefficient (Wildman–Crippen LogP) is 1.91. The molecule has 0 aliphatic carbocycles. The number of rotatable bonds is 2. The van der Waals surface area contributed by atoms with Crippen molar-refractivity contribution in [1.29, 1.82) is 0 Å². The maximum absolute atomic E-state index is 12.3. The van der Waals surface area contributed by atoms with E-state index in [9.17, 15) is 13.2 Å². The molecule has 6 heteroatoms. The molecule has 5 nitrogen and oxygen atoms in total. The van der Waals surface area contributed by atoms with Crippen LogP contribution in [0.4, 0.5) is 0 Å². The van der Waals surface area contributed by atoms with Crippen LogP contribution in [-0.4, -0.2) is 21.5 Å². The van der Waals surface area contributed by atoms with Crippen molar-refractivity contribution in [3.8, 4) is 0 Å². The summed E-state index contributed by atoms with van der Waals surface area (Å²) >= 11 is 0. The largest absolute Gasteiger partial charge is 0.464 e. The topological polar surface area (TPSA) is 72.5 Å². The molecule has 22 heavy (non-hydrogen) atoms. The van der Waals surface area contributed by atoms with Crippen molar-refractivity contribution in [2.45, 2.75) is 4.90 Å². The van der Waals surface area contributed by atoms with Crippen LogP contribution in [0.2, 0.25) is 0 Å². The smallest absolute Gasteiger partial charge is 0.355 e. The average molecular weight is 315 g/mol. The van der Waals surface area contributed by atoms with E-state index in [1.54, 1.807) is 18.2 Å². The van der Waals surface area contributed by atoms with Crippen molar-refractivity contribution in [3.05, 3.63) is 71.4 Å². The predicted molar refractivity (Wildman–Crippen MR) is 81.2 cm³/mol. The van der Waals surface area contributed by atoms with E-state index in [4.69, 9.17) is 4.74 Å². The standard InChI is InChI=1S/C16H13NO4S/c1-21-16(18)15-14(11-7-3-2-4-8-11)12-9-5-6-10-13(12)22(19,20)17-15/h2-10,17H,1H3. The van der Waals surface area contributed by atoms with Gasteiger partial charge in [0.1, 0.15) is 5.70 Å². The fraction of sp³-hybridized carbons (Fsp3) is 0.0625. The van der Waals surface area contributed by atoms with E-state index in [-0.39, 0.29) is 10.6 Å². The number of hydrogen-bond donors (Lipinski definition) is 1. The highest BCUT2D eigenvalue weighted by atomic mass is 32.2. The average Bonchev–Trinajstić information content (AvgIpc) is 2.54. The summed E-state index contributed by atoms with van der Waals surface area (Å²) in [7, 11) is -2.58. The van der Waals surface area contributed by atoms with Gasteiger partial charge in [0, 0.05) is 11.1 Å². The lowest BCUT2D eigenvalue weighted by Crippen LogP contribution is -2.33. The molecule has 3 rings (SSSR count). The Morgan fingerprint density at radius 2 is 1.64 bits per heavy atom. The van der Waals surface area contributed by atoms with Crippen LogP contribution < -0.4 is 4.72 Å². The lowest BCUT2D eigenvalue weighted by Gasteiger charge is -2.23. The maximum Gasteiger partial charge on any atom is 0.355 e. The Hall–Kier alpha value is -2.60. The fourth-order valence-corrected chi connectivity index (χ4v) is 3.71. The quantitative estimate of drug-likeness (QED) is 0.859. The Morgan fingerprint density at radius 3 is 2.32 bits per heavy atom. The van der Waals surface area contributed by atoms with Gasteiger partial charge in [-0.25, -0.2) is 13.2 Å². The molecule has 0 unspecified atom stereocenters. The molecule has 112 valence electrons. The van der Waals surface area contributed by atoms with Gasteiger partial charge in [-0.15, -0.1) is 0 Å². The van der Waals surface area contributed by atoms with Gasteiger partial charge in [0.05, 0.1) is 12.0 Å². The number of nitrogens with one attached hydrogen (secondary N) is 1. The lowest BCUT2D eigenvalue weighted by molar-refractivity contribution is -0.136. The number of carbonyl (C=O) groups excluding carboxylic acids is 1. The second kappa shape index (κ2) is 5.31. The molecule has 1 heterocycles. The number of esters is 1. The van der Waals surface area contributed by atoms with E-state index in [1.165, 1.54) is 13.2 Å². The van der Waals surface area contributed by atoms with E-state index in [2.05, 4.69) is 4.72 Å². The van der Waals surface area contributed by atoms with Crippen molar-refractivity contribution >= 4 is 21.6 Å². The zero-order chi connectivity index (χ0) is 15.7. The van der Waals surface area contributed by atoms with E-state index < -0.39 is 16.0 Å². The molecule has 1 aliphatic rings. The summed E-state index contributed by atoms with van der Waals surface area (Å²) in [5.41, 5.74) is 1.65. The van der Waals surface area contributed by atoms with Crippen LogP contribution in [0, 0.1) is 0 Å². The van der Waals surface area contributed by atoms with Gasteiger partial charge >= 0.3 is 5.97 Å². The molecule has 2 aromatic rings. The first-order valence-corrected chi connectivity index (χ1v) is 8.03. The van der Waals surface area contributed by atoms with Crippen molar-refractivity contribution in [3.63, 3.8) is 0 Å². The van der Waals surface area contributed by atoms with Gasteiger partial charge in [0.15, 0.2) is 0 Å². The van der Waals surface area contributed by atoms with Crippen LogP contribution in [0.5, 0.6) is 0 Å². The Balaban J connectivity index is 2.37. The van der Waals surface area contributed by atoms with E-state index in [1.807, 2.05) is 30.3 Å². The highest BCUT2D eigenvalue weighted by Crippen LogP contribution is 2.35. The summed E-state index contributed by atoms with van der Waals surface area (Å²) in [5.74, 6) is -0.725. The lowest BCUT2D eigenvalue weighted by atomic mass is 9.95. The Morgan fingerprint density at radius 1 is 1.00 bits per heavy atom. The van der Waals surface area contributed by atoms with Crippen LogP contribution in [-0.2, 0) is 19.6 Å². The van der Waals surface area contributed by atoms with Gasteiger partial charge in [-0.1, -0.05) is 48.5 Å². The SMILES string of the molecule is COC(=O)C1=C(c2ccccc2)c2ccccc2S(=O)(=O)N1. The maximum atomic E-state index is 12.3. The molecular formula is C16H13NO4S. The number of hydrogen-bond acceptors (Lipinski definition) is 4. The molecule has 0 fully saturated rings.